The zero-order valence-corrected chi connectivity index (χ0v) is 10.6. The fourth-order valence-corrected chi connectivity index (χ4v) is 1.38. The molecular weight excluding hydrogens is 236 g/mol. The van der Waals surface area contributed by atoms with E-state index in [-0.39, 0.29) is 25.0 Å². The Morgan fingerprint density at radius 3 is 2.83 bits per heavy atom. The summed E-state index contributed by atoms with van der Waals surface area (Å²) in [6.07, 6.45) is 1.55. The second-order valence-corrected chi connectivity index (χ2v) is 3.83. The molecule has 18 heavy (non-hydrogen) atoms. The number of hydrogen-bond acceptors (Lipinski definition) is 5. The van der Waals surface area contributed by atoms with Gasteiger partial charge in [-0.05, 0) is 26.1 Å². The number of hydrogen-bond donors (Lipinski definition) is 1. The largest absolute Gasteiger partial charge is 0.467 e. The van der Waals surface area contributed by atoms with Crippen LogP contribution in [0.3, 0.4) is 0 Å². The number of esters is 1. The van der Waals surface area contributed by atoms with Crippen LogP contribution in [0.1, 0.15) is 12.7 Å². The van der Waals surface area contributed by atoms with Gasteiger partial charge in [0.05, 0.1) is 32.5 Å². The van der Waals surface area contributed by atoms with Gasteiger partial charge in [0.25, 0.3) is 0 Å². The smallest absolute Gasteiger partial charge is 0.320 e. The molecule has 100 valence electrons. The van der Waals surface area contributed by atoms with Crippen LogP contribution in [0.15, 0.2) is 22.8 Å². The first-order chi connectivity index (χ1) is 8.61. The Labute approximate surface area is 106 Å². The van der Waals surface area contributed by atoms with Crippen LogP contribution in [-0.4, -0.2) is 43.5 Å². The maximum atomic E-state index is 11.5. The molecule has 0 saturated heterocycles. The summed E-state index contributed by atoms with van der Waals surface area (Å²) in [5.41, 5.74) is 0. The van der Waals surface area contributed by atoms with Crippen molar-refractivity contribution in [3.63, 3.8) is 0 Å². The first-order valence-electron chi connectivity index (χ1n) is 5.75. The van der Waals surface area contributed by atoms with E-state index in [1.165, 1.54) is 0 Å². The van der Waals surface area contributed by atoms with E-state index in [0.717, 1.165) is 0 Å². The lowest BCUT2D eigenvalue weighted by Gasteiger charge is -2.14. The standard InChI is InChI=1S/C12H18N2O4/c1-3-17-12(16)9-14(2)8-11(15)13-7-10-5-4-6-18-10/h4-6H,3,7-9H2,1-2H3,(H,13,15). The Morgan fingerprint density at radius 1 is 1.44 bits per heavy atom. The number of amides is 1. The zero-order valence-electron chi connectivity index (χ0n) is 10.6. The van der Waals surface area contributed by atoms with Gasteiger partial charge in [0.15, 0.2) is 0 Å². The topological polar surface area (TPSA) is 71.8 Å². The minimum absolute atomic E-state index is 0.0992. The Bertz CT molecular complexity index is 375. The number of nitrogens with zero attached hydrogens (tertiary/aromatic N) is 1. The molecule has 6 nitrogen and oxygen atoms in total. The summed E-state index contributed by atoms with van der Waals surface area (Å²) in [5, 5.41) is 2.69. The van der Waals surface area contributed by atoms with E-state index in [1.54, 1.807) is 37.3 Å². The predicted octanol–water partition coefficient (Wildman–Crippen LogP) is 0.391. The lowest BCUT2D eigenvalue weighted by molar-refractivity contribution is -0.144. The molecule has 0 unspecified atom stereocenters. The Kier molecular flexibility index (Phi) is 5.93. The maximum Gasteiger partial charge on any atom is 0.320 e. The number of furan rings is 1. The van der Waals surface area contributed by atoms with Gasteiger partial charge in [-0.3, -0.25) is 14.5 Å². The number of nitrogens with one attached hydrogen (secondary N) is 1. The summed E-state index contributed by atoms with van der Waals surface area (Å²) in [4.78, 5) is 24.3. The Hall–Kier alpha value is -1.82. The zero-order chi connectivity index (χ0) is 13.4. The number of carbonyl (C=O) groups excluding carboxylic acids is 2. The average molecular weight is 254 g/mol. The number of carbonyl (C=O) groups is 2. The molecule has 0 fully saturated rings. The molecule has 0 aliphatic heterocycles. The normalized spacial score (nSPS) is 10.4. The van der Waals surface area contributed by atoms with Gasteiger partial charge >= 0.3 is 5.97 Å². The first kappa shape index (κ1) is 14.2. The van der Waals surface area contributed by atoms with Gasteiger partial charge < -0.3 is 14.5 Å². The molecule has 6 heteroatoms. The maximum absolute atomic E-state index is 11.5. The van der Waals surface area contributed by atoms with Crippen molar-refractivity contribution in [2.45, 2.75) is 13.5 Å². The molecule has 1 aromatic rings. The van der Waals surface area contributed by atoms with E-state index >= 15 is 0 Å². The molecule has 0 aromatic carbocycles. The van der Waals surface area contributed by atoms with Crippen molar-refractivity contribution in [1.29, 1.82) is 0 Å². The van der Waals surface area contributed by atoms with Gasteiger partial charge in [0.2, 0.25) is 5.91 Å². The van der Waals surface area contributed by atoms with Crippen molar-refractivity contribution in [3.8, 4) is 0 Å². The molecule has 0 aliphatic rings. The minimum atomic E-state index is -0.334. The Balaban J connectivity index is 2.20. The number of likely N-dealkylation sites (N-methyl/N-ethyl adjacent to an activating group) is 1. The third-order valence-electron chi connectivity index (χ3n) is 2.16. The van der Waals surface area contributed by atoms with Crippen molar-refractivity contribution >= 4 is 11.9 Å². The Morgan fingerprint density at radius 2 is 2.22 bits per heavy atom. The molecule has 1 aromatic heterocycles. The van der Waals surface area contributed by atoms with Crippen LogP contribution < -0.4 is 5.32 Å². The SMILES string of the molecule is CCOC(=O)CN(C)CC(=O)NCc1ccco1. The highest BCUT2D eigenvalue weighted by molar-refractivity contribution is 5.79. The highest BCUT2D eigenvalue weighted by Crippen LogP contribution is 1.98. The van der Waals surface area contributed by atoms with Crippen LogP contribution in [0.4, 0.5) is 0 Å². The summed E-state index contributed by atoms with van der Waals surface area (Å²) in [6, 6.07) is 3.54. The summed E-state index contributed by atoms with van der Waals surface area (Å²) in [5.74, 6) is 0.188. The molecule has 0 radical (unpaired) electrons. The van der Waals surface area contributed by atoms with Crippen molar-refractivity contribution in [3.05, 3.63) is 24.2 Å². The van der Waals surface area contributed by atoms with Crippen molar-refractivity contribution in [2.24, 2.45) is 0 Å². The van der Waals surface area contributed by atoms with E-state index in [9.17, 15) is 9.59 Å². The summed E-state index contributed by atoms with van der Waals surface area (Å²) < 4.78 is 9.87. The van der Waals surface area contributed by atoms with Gasteiger partial charge in [-0.15, -0.1) is 0 Å². The summed E-state index contributed by atoms with van der Waals surface area (Å²) in [7, 11) is 1.68. The lowest BCUT2D eigenvalue weighted by Crippen LogP contribution is -2.37. The van der Waals surface area contributed by atoms with Gasteiger partial charge in [-0.1, -0.05) is 0 Å². The lowest BCUT2D eigenvalue weighted by atomic mass is 10.4. The van der Waals surface area contributed by atoms with Crippen LogP contribution in [0.25, 0.3) is 0 Å². The predicted molar refractivity (Wildman–Crippen MR) is 64.7 cm³/mol. The van der Waals surface area contributed by atoms with Crippen molar-refractivity contribution in [2.75, 3.05) is 26.7 Å². The molecule has 1 heterocycles. The van der Waals surface area contributed by atoms with Gasteiger partial charge in [-0.2, -0.15) is 0 Å². The van der Waals surface area contributed by atoms with Crippen LogP contribution in [0.2, 0.25) is 0 Å². The van der Waals surface area contributed by atoms with E-state index in [0.29, 0.717) is 18.9 Å². The van der Waals surface area contributed by atoms with E-state index in [2.05, 4.69) is 5.32 Å². The first-order valence-corrected chi connectivity index (χ1v) is 5.75. The third-order valence-corrected chi connectivity index (χ3v) is 2.16. The van der Waals surface area contributed by atoms with Gasteiger partial charge in [0.1, 0.15) is 5.76 Å². The molecule has 1 N–H and O–H groups in total. The average Bonchev–Trinajstić information content (AvgIpc) is 2.79. The molecule has 1 amide bonds. The van der Waals surface area contributed by atoms with Gasteiger partial charge in [-0.25, -0.2) is 0 Å². The molecule has 0 bridgehead atoms. The fourth-order valence-electron chi connectivity index (χ4n) is 1.38. The second-order valence-electron chi connectivity index (χ2n) is 3.83. The molecule has 0 atom stereocenters. The number of ether oxygens (including phenoxy) is 1. The molecule has 0 spiro atoms. The minimum Gasteiger partial charge on any atom is -0.467 e. The van der Waals surface area contributed by atoms with E-state index in [4.69, 9.17) is 9.15 Å². The van der Waals surface area contributed by atoms with Crippen LogP contribution in [0.5, 0.6) is 0 Å². The molecule has 0 aliphatic carbocycles. The van der Waals surface area contributed by atoms with E-state index < -0.39 is 0 Å². The second kappa shape index (κ2) is 7.50. The van der Waals surface area contributed by atoms with Gasteiger partial charge in [0, 0.05) is 0 Å². The van der Waals surface area contributed by atoms with Crippen molar-refractivity contribution < 1.29 is 18.7 Å². The summed E-state index contributed by atoms with van der Waals surface area (Å²) in [6.45, 7) is 2.67. The molecule has 0 saturated carbocycles. The summed E-state index contributed by atoms with van der Waals surface area (Å²) >= 11 is 0. The van der Waals surface area contributed by atoms with Crippen LogP contribution in [-0.2, 0) is 20.9 Å². The monoisotopic (exact) mass is 254 g/mol. The quantitative estimate of drug-likeness (QED) is 0.713. The highest BCUT2D eigenvalue weighted by atomic mass is 16.5. The van der Waals surface area contributed by atoms with Crippen LogP contribution >= 0.6 is 0 Å². The molecular formula is C12H18N2O4. The highest BCUT2D eigenvalue weighted by Gasteiger charge is 2.11. The number of rotatable bonds is 7. The van der Waals surface area contributed by atoms with Crippen LogP contribution in [0, 0.1) is 0 Å². The van der Waals surface area contributed by atoms with Crippen molar-refractivity contribution in [1.82, 2.24) is 10.2 Å². The van der Waals surface area contributed by atoms with E-state index in [1.807, 2.05) is 0 Å². The molecule has 1 rings (SSSR count). The third kappa shape index (κ3) is 5.49. The fraction of sp³-hybridized carbons (Fsp3) is 0.500.